The molecule has 11 heteroatoms. The fraction of sp³-hybridized carbons (Fsp3) is 0.350. The second-order valence-electron chi connectivity index (χ2n) is 6.69. The number of ether oxygens (including phenoxy) is 2. The number of nitrogens with one attached hydrogen (secondary N) is 2. The molecule has 31 heavy (non-hydrogen) atoms. The molecule has 0 aromatic heterocycles. The molecule has 7 nitrogen and oxygen atoms in total. The van der Waals surface area contributed by atoms with Gasteiger partial charge in [-0.2, -0.15) is 0 Å². The van der Waals surface area contributed by atoms with Crippen LogP contribution < -0.4 is 19.5 Å². The van der Waals surface area contributed by atoms with E-state index < -0.39 is 22.1 Å². The van der Waals surface area contributed by atoms with Gasteiger partial charge >= 0.3 is 6.36 Å². The van der Waals surface area contributed by atoms with E-state index in [9.17, 15) is 26.4 Å². The lowest BCUT2D eigenvalue weighted by Crippen LogP contribution is -2.32. The predicted molar refractivity (Wildman–Crippen MR) is 107 cm³/mol. The van der Waals surface area contributed by atoms with Crippen molar-refractivity contribution in [3.63, 3.8) is 0 Å². The zero-order valence-corrected chi connectivity index (χ0v) is 17.8. The molecular weight excluding hydrogens is 437 g/mol. The average molecular weight is 460 g/mol. The molecule has 0 saturated carbocycles. The summed E-state index contributed by atoms with van der Waals surface area (Å²) in [5.41, 5.74) is 2.13. The van der Waals surface area contributed by atoms with E-state index in [2.05, 4.69) is 14.8 Å². The van der Waals surface area contributed by atoms with Crippen LogP contribution in [-0.4, -0.2) is 40.4 Å². The molecule has 2 aromatic rings. The topological polar surface area (TPSA) is 93.7 Å². The van der Waals surface area contributed by atoms with E-state index in [0.29, 0.717) is 5.75 Å². The third kappa shape index (κ3) is 8.85. The second-order valence-corrected chi connectivity index (χ2v) is 8.46. The van der Waals surface area contributed by atoms with Gasteiger partial charge in [0.25, 0.3) is 0 Å². The Hall–Kier alpha value is -2.79. The van der Waals surface area contributed by atoms with Crippen LogP contribution in [0.2, 0.25) is 0 Å². The van der Waals surface area contributed by atoms with Gasteiger partial charge in [-0.05, 0) is 61.4 Å². The van der Waals surface area contributed by atoms with E-state index in [4.69, 9.17) is 4.74 Å². The SMILES string of the molecule is Cc1cc(C)cc(OCCNC(=O)CCNS(=O)(=O)c2ccc(OC(F)(F)F)cc2)c1. The molecule has 0 bridgehead atoms. The summed E-state index contributed by atoms with van der Waals surface area (Å²) in [7, 11) is -3.98. The highest BCUT2D eigenvalue weighted by Gasteiger charge is 2.31. The molecular formula is C20H23F3N2O5S. The van der Waals surface area contributed by atoms with Crippen molar-refractivity contribution in [2.24, 2.45) is 0 Å². The maximum atomic E-state index is 12.2. The summed E-state index contributed by atoms with van der Waals surface area (Å²) in [5.74, 6) is -0.208. The molecule has 0 spiro atoms. The number of halogens is 3. The molecule has 1 amide bonds. The van der Waals surface area contributed by atoms with Gasteiger partial charge in [0.1, 0.15) is 18.1 Å². The lowest BCUT2D eigenvalue weighted by molar-refractivity contribution is -0.274. The lowest BCUT2D eigenvalue weighted by Gasteiger charge is -2.11. The Kier molecular flexibility index (Phi) is 8.28. The smallest absolute Gasteiger partial charge is 0.492 e. The number of hydrogen-bond acceptors (Lipinski definition) is 5. The highest BCUT2D eigenvalue weighted by atomic mass is 32.2. The van der Waals surface area contributed by atoms with Crippen LogP contribution >= 0.6 is 0 Å². The van der Waals surface area contributed by atoms with E-state index >= 15 is 0 Å². The Labute approximate surface area is 178 Å². The molecule has 2 aromatic carbocycles. The van der Waals surface area contributed by atoms with Crippen LogP contribution in [0.25, 0.3) is 0 Å². The summed E-state index contributed by atoms with van der Waals surface area (Å²) < 4.78 is 72.2. The Morgan fingerprint density at radius 2 is 1.58 bits per heavy atom. The molecule has 0 fully saturated rings. The zero-order valence-electron chi connectivity index (χ0n) is 17.0. The molecule has 0 heterocycles. The van der Waals surface area contributed by atoms with Gasteiger partial charge in [-0.15, -0.1) is 13.2 Å². The molecule has 2 rings (SSSR count). The van der Waals surface area contributed by atoms with E-state index in [-0.39, 0.29) is 36.9 Å². The number of carbonyl (C=O) groups is 1. The summed E-state index contributed by atoms with van der Waals surface area (Å²) in [5, 5.41) is 2.62. The number of amides is 1. The van der Waals surface area contributed by atoms with Gasteiger partial charge in [0.05, 0.1) is 11.4 Å². The summed E-state index contributed by atoms with van der Waals surface area (Å²) in [6.45, 7) is 4.24. The first-order chi connectivity index (χ1) is 14.4. The minimum absolute atomic E-state index is 0.113. The van der Waals surface area contributed by atoms with Crippen LogP contribution in [0.3, 0.4) is 0 Å². The van der Waals surface area contributed by atoms with Crippen molar-refractivity contribution in [3.8, 4) is 11.5 Å². The largest absolute Gasteiger partial charge is 0.573 e. The second kappa shape index (κ2) is 10.5. The van der Waals surface area contributed by atoms with Crippen molar-refractivity contribution in [3.05, 3.63) is 53.6 Å². The minimum Gasteiger partial charge on any atom is -0.492 e. The third-order valence-corrected chi connectivity index (χ3v) is 5.38. The number of carbonyl (C=O) groups excluding carboxylic acids is 1. The summed E-state index contributed by atoms with van der Waals surface area (Å²) in [4.78, 5) is 11.6. The fourth-order valence-electron chi connectivity index (χ4n) is 2.67. The summed E-state index contributed by atoms with van der Waals surface area (Å²) >= 11 is 0. The molecule has 0 radical (unpaired) electrons. The van der Waals surface area contributed by atoms with Crippen LogP contribution in [-0.2, 0) is 14.8 Å². The normalized spacial score (nSPS) is 11.8. The quantitative estimate of drug-likeness (QED) is 0.532. The Balaban J connectivity index is 1.71. The van der Waals surface area contributed by atoms with Gasteiger partial charge in [0, 0.05) is 13.0 Å². The van der Waals surface area contributed by atoms with Crippen molar-refractivity contribution in [2.45, 2.75) is 31.5 Å². The van der Waals surface area contributed by atoms with E-state index in [0.717, 1.165) is 35.4 Å². The Morgan fingerprint density at radius 1 is 0.968 bits per heavy atom. The fourth-order valence-corrected chi connectivity index (χ4v) is 3.70. The maximum Gasteiger partial charge on any atom is 0.573 e. The van der Waals surface area contributed by atoms with Gasteiger partial charge in [-0.1, -0.05) is 6.07 Å². The number of benzene rings is 2. The monoisotopic (exact) mass is 460 g/mol. The van der Waals surface area contributed by atoms with Crippen molar-refractivity contribution >= 4 is 15.9 Å². The highest BCUT2D eigenvalue weighted by molar-refractivity contribution is 7.89. The molecule has 0 aliphatic heterocycles. The van der Waals surface area contributed by atoms with E-state index in [1.807, 2.05) is 32.0 Å². The first-order valence-electron chi connectivity index (χ1n) is 9.28. The van der Waals surface area contributed by atoms with Crippen LogP contribution in [0.15, 0.2) is 47.4 Å². The van der Waals surface area contributed by atoms with Crippen LogP contribution in [0.4, 0.5) is 13.2 Å². The highest BCUT2D eigenvalue weighted by Crippen LogP contribution is 2.23. The molecule has 0 aliphatic rings. The van der Waals surface area contributed by atoms with Crippen molar-refractivity contribution in [1.82, 2.24) is 10.0 Å². The molecule has 0 saturated heterocycles. The van der Waals surface area contributed by atoms with Gasteiger partial charge in [0.15, 0.2) is 0 Å². The van der Waals surface area contributed by atoms with Gasteiger partial charge in [-0.25, -0.2) is 13.1 Å². The minimum atomic E-state index is -4.87. The van der Waals surface area contributed by atoms with Crippen LogP contribution in [0, 0.1) is 13.8 Å². The molecule has 170 valence electrons. The van der Waals surface area contributed by atoms with Crippen molar-refractivity contribution < 1.29 is 35.9 Å². The number of alkyl halides is 3. The van der Waals surface area contributed by atoms with E-state index in [1.165, 1.54) is 0 Å². The third-order valence-electron chi connectivity index (χ3n) is 3.90. The molecule has 0 unspecified atom stereocenters. The van der Waals surface area contributed by atoms with E-state index in [1.54, 1.807) is 0 Å². The standard InChI is InChI=1S/C20H23F3N2O5S/c1-14-11-15(2)13-17(12-14)29-10-9-24-19(26)7-8-25-31(27,28)18-5-3-16(4-6-18)30-20(21,22)23/h3-6,11-13,25H,7-10H2,1-2H3,(H,24,26). The molecule has 2 N–H and O–H groups in total. The van der Waals surface area contributed by atoms with Gasteiger partial charge in [-0.3, -0.25) is 4.79 Å². The zero-order chi connectivity index (χ0) is 23.1. The predicted octanol–water partition coefficient (Wildman–Crippen LogP) is 3.07. The Morgan fingerprint density at radius 3 is 2.16 bits per heavy atom. The summed E-state index contributed by atoms with van der Waals surface area (Å²) in [6.07, 6.45) is -4.98. The lowest BCUT2D eigenvalue weighted by atomic mass is 10.1. The first kappa shape index (κ1) is 24.5. The Bertz CT molecular complexity index is 973. The van der Waals surface area contributed by atoms with Crippen LogP contribution in [0.5, 0.6) is 11.5 Å². The first-order valence-corrected chi connectivity index (χ1v) is 10.8. The number of rotatable bonds is 10. The number of aryl methyl sites for hydroxylation is 2. The van der Waals surface area contributed by atoms with Crippen molar-refractivity contribution in [2.75, 3.05) is 19.7 Å². The summed E-state index contributed by atoms with van der Waals surface area (Å²) in [6, 6.07) is 9.52. The van der Waals surface area contributed by atoms with Gasteiger partial charge in [0.2, 0.25) is 15.9 Å². The maximum absolute atomic E-state index is 12.2. The molecule has 0 aliphatic carbocycles. The van der Waals surface area contributed by atoms with Crippen LogP contribution in [0.1, 0.15) is 17.5 Å². The van der Waals surface area contributed by atoms with Crippen molar-refractivity contribution in [1.29, 1.82) is 0 Å². The molecule has 0 atom stereocenters. The number of hydrogen-bond donors (Lipinski definition) is 2. The van der Waals surface area contributed by atoms with Gasteiger partial charge < -0.3 is 14.8 Å². The number of sulfonamides is 1. The average Bonchev–Trinajstić information content (AvgIpc) is 2.63.